The number of amides is 1. The van der Waals surface area contributed by atoms with Crippen LogP contribution in [-0.2, 0) is 24.2 Å². The zero-order valence-electron chi connectivity index (χ0n) is 18.6. The molecule has 3 heterocycles. The molecule has 1 aromatic heterocycles. The van der Waals surface area contributed by atoms with Gasteiger partial charge in [-0.05, 0) is 56.9 Å². The van der Waals surface area contributed by atoms with Gasteiger partial charge in [0.05, 0.1) is 0 Å². The van der Waals surface area contributed by atoms with Crippen molar-refractivity contribution in [3.63, 3.8) is 0 Å². The van der Waals surface area contributed by atoms with Gasteiger partial charge in [0, 0.05) is 25.3 Å². The number of nitriles is 1. The van der Waals surface area contributed by atoms with Crippen molar-refractivity contribution in [3.8, 4) is 6.07 Å². The minimum absolute atomic E-state index is 0.00715. The maximum atomic E-state index is 13.2. The average molecular weight is 435 g/mol. The van der Waals surface area contributed by atoms with Crippen molar-refractivity contribution in [2.75, 3.05) is 13.1 Å². The summed E-state index contributed by atoms with van der Waals surface area (Å²) < 4.78 is 2.55. The van der Waals surface area contributed by atoms with Crippen LogP contribution in [-0.4, -0.2) is 33.0 Å². The van der Waals surface area contributed by atoms with E-state index >= 15 is 0 Å². The van der Waals surface area contributed by atoms with Gasteiger partial charge < -0.3 is 4.90 Å². The van der Waals surface area contributed by atoms with Gasteiger partial charge >= 0.3 is 5.69 Å². The van der Waals surface area contributed by atoms with E-state index < -0.39 is 17.3 Å². The summed E-state index contributed by atoms with van der Waals surface area (Å²) in [4.78, 5) is 41.2. The minimum Gasteiger partial charge on any atom is -0.341 e. The Morgan fingerprint density at radius 3 is 2.50 bits per heavy atom. The smallest absolute Gasteiger partial charge is 0.331 e. The zero-order chi connectivity index (χ0) is 22.7. The quantitative estimate of drug-likeness (QED) is 0.740. The monoisotopic (exact) mass is 434 g/mol. The lowest BCUT2D eigenvalue weighted by Gasteiger charge is -2.34. The lowest BCUT2D eigenvalue weighted by atomic mass is 9.90. The molecule has 1 fully saturated rings. The molecule has 2 aromatic rings. The molecule has 0 saturated carbocycles. The predicted octanol–water partition coefficient (Wildman–Crippen LogP) is 2.65. The second-order valence-electron chi connectivity index (χ2n) is 8.99. The minimum atomic E-state index is -0.922. The number of aromatic nitrogens is 2. The topological polar surface area (TPSA) is 88.1 Å². The number of nitrogens with zero attached hydrogens (tertiary/aromatic N) is 4. The Hall–Kier alpha value is -3.14. The lowest BCUT2D eigenvalue weighted by Crippen LogP contribution is -2.50. The molecule has 32 heavy (non-hydrogen) atoms. The van der Waals surface area contributed by atoms with E-state index in [0.29, 0.717) is 37.7 Å². The van der Waals surface area contributed by atoms with E-state index in [9.17, 15) is 19.6 Å². The van der Waals surface area contributed by atoms with Crippen LogP contribution < -0.4 is 11.2 Å². The molecule has 7 heteroatoms. The van der Waals surface area contributed by atoms with Crippen molar-refractivity contribution in [2.45, 2.75) is 64.5 Å². The SMILES string of the molecule is CC(C(=O)N1CCC(Cc2ccccc2)CC1)n1c(=O)c(C#N)c2n(c1=O)CCCCC2. The van der Waals surface area contributed by atoms with Crippen molar-refractivity contribution in [1.82, 2.24) is 14.0 Å². The fraction of sp³-hybridized carbons (Fsp3) is 0.520. The molecule has 2 aliphatic rings. The van der Waals surface area contributed by atoms with Gasteiger partial charge in [0.15, 0.2) is 0 Å². The molecule has 0 aliphatic carbocycles. The van der Waals surface area contributed by atoms with E-state index in [1.165, 1.54) is 5.56 Å². The van der Waals surface area contributed by atoms with Crippen molar-refractivity contribution in [3.05, 3.63) is 68.0 Å². The van der Waals surface area contributed by atoms with E-state index in [-0.39, 0.29) is 11.5 Å². The van der Waals surface area contributed by atoms with E-state index in [1.54, 1.807) is 16.4 Å². The molecule has 0 radical (unpaired) electrons. The van der Waals surface area contributed by atoms with Crippen LogP contribution in [0.4, 0.5) is 0 Å². The molecule has 168 valence electrons. The van der Waals surface area contributed by atoms with Gasteiger partial charge in [-0.15, -0.1) is 0 Å². The van der Waals surface area contributed by atoms with E-state index in [0.717, 1.165) is 43.1 Å². The van der Waals surface area contributed by atoms with Gasteiger partial charge in [-0.25, -0.2) is 9.36 Å². The van der Waals surface area contributed by atoms with Gasteiger partial charge in [0.1, 0.15) is 17.7 Å². The molecule has 0 N–H and O–H groups in total. The van der Waals surface area contributed by atoms with Gasteiger partial charge in [-0.1, -0.05) is 36.8 Å². The molecule has 1 aromatic carbocycles. The van der Waals surface area contributed by atoms with Crippen molar-refractivity contribution < 1.29 is 4.79 Å². The maximum absolute atomic E-state index is 13.2. The molecule has 2 aliphatic heterocycles. The largest absolute Gasteiger partial charge is 0.341 e. The Kier molecular flexibility index (Phi) is 6.59. The van der Waals surface area contributed by atoms with Crippen LogP contribution in [0, 0.1) is 17.2 Å². The third kappa shape index (κ3) is 4.27. The van der Waals surface area contributed by atoms with Crippen LogP contribution in [0.15, 0.2) is 39.9 Å². The van der Waals surface area contributed by atoms with Crippen LogP contribution in [0.3, 0.4) is 0 Å². The number of fused-ring (bicyclic) bond motifs is 1. The number of rotatable bonds is 4. The predicted molar refractivity (Wildman–Crippen MR) is 121 cm³/mol. The molecule has 1 unspecified atom stereocenters. The summed E-state index contributed by atoms with van der Waals surface area (Å²) in [6, 6.07) is 11.4. The van der Waals surface area contributed by atoms with Crippen LogP contribution >= 0.6 is 0 Å². The fourth-order valence-corrected chi connectivity index (χ4v) is 5.07. The first-order valence-corrected chi connectivity index (χ1v) is 11.6. The van der Waals surface area contributed by atoms with Crippen LogP contribution in [0.25, 0.3) is 0 Å². The Balaban J connectivity index is 1.52. The van der Waals surface area contributed by atoms with E-state index in [1.807, 2.05) is 24.3 Å². The maximum Gasteiger partial charge on any atom is 0.331 e. The molecule has 1 saturated heterocycles. The Bertz CT molecular complexity index is 1130. The first-order valence-electron chi connectivity index (χ1n) is 11.6. The highest BCUT2D eigenvalue weighted by Gasteiger charge is 2.31. The summed E-state index contributed by atoms with van der Waals surface area (Å²) in [6.45, 7) is 3.32. The number of benzene rings is 1. The zero-order valence-corrected chi connectivity index (χ0v) is 18.6. The summed E-state index contributed by atoms with van der Waals surface area (Å²) >= 11 is 0. The Labute approximate surface area is 187 Å². The van der Waals surface area contributed by atoms with Crippen LogP contribution in [0.2, 0.25) is 0 Å². The second-order valence-corrected chi connectivity index (χ2v) is 8.99. The number of hydrogen-bond donors (Lipinski definition) is 0. The first kappa shape index (κ1) is 22.1. The number of carbonyl (C=O) groups is 1. The van der Waals surface area contributed by atoms with Crippen molar-refractivity contribution >= 4 is 5.91 Å². The highest BCUT2D eigenvalue weighted by Crippen LogP contribution is 2.23. The summed E-state index contributed by atoms with van der Waals surface area (Å²) in [7, 11) is 0. The highest BCUT2D eigenvalue weighted by atomic mass is 16.2. The van der Waals surface area contributed by atoms with Gasteiger partial charge in [0.2, 0.25) is 5.91 Å². The second kappa shape index (κ2) is 9.56. The summed E-state index contributed by atoms with van der Waals surface area (Å²) in [5, 5.41) is 9.63. The van der Waals surface area contributed by atoms with E-state index in [2.05, 4.69) is 12.1 Å². The van der Waals surface area contributed by atoms with Gasteiger partial charge in [-0.2, -0.15) is 5.26 Å². The standard InChI is InChI=1S/C25H30N4O3/c1-18(23(30)27-14-11-20(12-15-27)16-19-8-4-2-5-9-19)29-24(31)21(17-26)22-10-6-3-7-13-28(22)25(29)32/h2,4-5,8-9,18,20H,3,6-7,10-16H2,1H3. The van der Waals surface area contributed by atoms with Crippen LogP contribution in [0.1, 0.15) is 61.9 Å². The highest BCUT2D eigenvalue weighted by molar-refractivity contribution is 5.80. The summed E-state index contributed by atoms with van der Waals surface area (Å²) in [6.07, 6.45) is 5.97. The Morgan fingerprint density at radius 2 is 1.81 bits per heavy atom. The third-order valence-electron chi connectivity index (χ3n) is 6.93. The first-order chi connectivity index (χ1) is 15.5. The van der Waals surface area contributed by atoms with Crippen LogP contribution in [0.5, 0.6) is 0 Å². The number of hydrogen-bond acceptors (Lipinski definition) is 4. The van der Waals surface area contributed by atoms with Crippen molar-refractivity contribution in [1.29, 1.82) is 5.26 Å². The molecule has 0 spiro atoms. The van der Waals surface area contributed by atoms with Gasteiger partial charge in [-0.3, -0.25) is 14.2 Å². The molecular weight excluding hydrogens is 404 g/mol. The molecule has 0 bridgehead atoms. The normalized spacial score (nSPS) is 17.8. The summed E-state index contributed by atoms with van der Waals surface area (Å²) in [5.41, 5.74) is 0.737. The molecule has 4 rings (SSSR count). The molecular formula is C25H30N4O3. The molecule has 1 atom stereocenters. The average Bonchev–Trinajstić information content (AvgIpc) is 3.06. The lowest BCUT2D eigenvalue weighted by molar-refractivity contribution is -0.135. The van der Waals surface area contributed by atoms with Gasteiger partial charge in [0.25, 0.3) is 5.56 Å². The number of carbonyl (C=O) groups excluding carboxylic acids is 1. The summed E-state index contributed by atoms with van der Waals surface area (Å²) in [5.74, 6) is 0.295. The number of likely N-dealkylation sites (tertiary alicyclic amines) is 1. The molecule has 1 amide bonds. The van der Waals surface area contributed by atoms with Crippen molar-refractivity contribution in [2.24, 2.45) is 5.92 Å². The van der Waals surface area contributed by atoms with E-state index in [4.69, 9.17) is 0 Å². The Morgan fingerprint density at radius 1 is 1.09 bits per heavy atom. The number of piperidine rings is 1. The fourth-order valence-electron chi connectivity index (χ4n) is 5.07. The third-order valence-corrected chi connectivity index (χ3v) is 6.93. The molecule has 7 nitrogen and oxygen atoms in total.